The summed E-state index contributed by atoms with van der Waals surface area (Å²) < 4.78 is 0. The molecule has 0 aromatic carbocycles. The van der Waals surface area contributed by atoms with E-state index in [4.69, 9.17) is 5.73 Å². The van der Waals surface area contributed by atoms with Crippen LogP contribution in [0.4, 0.5) is 0 Å². The molecule has 5 heteroatoms. The van der Waals surface area contributed by atoms with Crippen molar-refractivity contribution in [3.8, 4) is 0 Å². The smallest absolute Gasteiger partial charge is 0.232 e. The summed E-state index contributed by atoms with van der Waals surface area (Å²) in [5, 5.41) is 0.700. The number of hydrogen-bond acceptors (Lipinski definition) is 1. The highest BCUT2D eigenvalue weighted by molar-refractivity contribution is 9.13. The number of carbonyl (C=O) groups excluding carboxylic acids is 1. The standard InChI is InChI=1S/C4H6Br3NO/c5-1-2(6)3(7)4(8)9/h2-3H,1H2,(H2,8,9)/t2-,3+/m1/s1. The van der Waals surface area contributed by atoms with Crippen molar-refractivity contribution in [3.63, 3.8) is 0 Å². The van der Waals surface area contributed by atoms with Gasteiger partial charge in [-0.2, -0.15) is 0 Å². The Morgan fingerprint density at radius 3 is 2.11 bits per heavy atom. The molecule has 0 radical (unpaired) electrons. The number of amides is 1. The Morgan fingerprint density at radius 2 is 2.00 bits per heavy atom. The molecule has 0 aromatic heterocycles. The maximum Gasteiger partial charge on any atom is 0.232 e. The minimum absolute atomic E-state index is 0.0648. The summed E-state index contributed by atoms with van der Waals surface area (Å²) in [6.45, 7) is 0. The molecule has 0 unspecified atom stereocenters. The monoisotopic (exact) mass is 321 g/mol. The third kappa shape index (κ3) is 3.57. The van der Waals surface area contributed by atoms with Crippen molar-refractivity contribution in [1.82, 2.24) is 0 Å². The van der Waals surface area contributed by atoms with E-state index >= 15 is 0 Å². The molecular formula is C4H6Br3NO. The zero-order valence-corrected chi connectivity index (χ0v) is 9.24. The number of alkyl halides is 3. The van der Waals surface area contributed by atoms with Crippen LogP contribution in [0.3, 0.4) is 0 Å². The summed E-state index contributed by atoms with van der Waals surface area (Å²) in [7, 11) is 0. The van der Waals surface area contributed by atoms with Crippen molar-refractivity contribution in [3.05, 3.63) is 0 Å². The fraction of sp³-hybridized carbons (Fsp3) is 0.750. The molecule has 0 aliphatic heterocycles. The van der Waals surface area contributed by atoms with Gasteiger partial charge in [0.25, 0.3) is 0 Å². The molecule has 1 amide bonds. The first-order valence-electron chi connectivity index (χ1n) is 2.23. The lowest BCUT2D eigenvalue weighted by Gasteiger charge is -2.08. The van der Waals surface area contributed by atoms with Crippen molar-refractivity contribution in [1.29, 1.82) is 0 Å². The molecule has 0 heterocycles. The lowest BCUT2D eigenvalue weighted by atomic mass is 10.3. The van der Waals surface area contributed by atoms with Gasteiger partial charge in [-0.15, -0.1) is 0 Å². The Hall–Kier alpha value is 0.910. The van der Waals surface area contributed by atoms with Crippen LogP contribution in [0.5, 0.6) is 0 Å². The molecule has 0 fully saturated rings. The van der Waals surface area contributed by atoms with Gasteiger partial charge in [0.05, 0.1) is 0 Å². The van der Waals surface area contributed by atoms with Crippen LogP contribution in [0.15, 0.2) is 0 Å². The average Bonchev–Trinajstić information content (AvgIpc) is 1.84. The third-order valence-corrected chi connectivity index (χ3v) is 4.95. The lowest BCUT2D eigenvalue weighted by molar-refractivity contribution is -0.117. The number of halogens is 3. The molecule has 0 saturated heterocycles. The van der Waals surface area contributed by atoms with E-state index in [1.54, 1.807) is 0 Å². The SMILES string of the molecule is NC(=O)[C@@H](Br)[C@H](Br)CBr. The molecule has 0 aromatic rings. The van der Waals surface area contributed by atoms with E-state index in [1.165, 1.54) is 0 Å². The van der Waals surface area contributed by atoms with E-state index in [-0.39, 0.29) is 15.6 Å². The van der Waals surface area contributed by atoms with Gasteiger partial charge in [-0.1, -0.05) is 47.8 Å². The second-order valence-electron chi connectivity index (χ2n) is 1.47. The Balaban J connectivity index is 3.72. The largest absolute Gasteiger partial charge is 0.369 e. The fourth-order valence-corrected chi connectivity index (χ4v) is 1.58. The van der Waals surface area contributed by atoms with Crippen LogP contribution in [0.1, 0.15) is 0 Å². The van der Waals surface area contributed by atoms with Crippen molar-refractivity contribution in [2.24, 2.45) is 5.73 Å². The van der Waals surface area contributed by atoms with E-state index in [2.05, 4.69) is 47.8 Å². The molecule has 2 atom stereocenters. The van der Waals surface area contributed by atoms with Gasteiger partial charge in [0.2, 0.25) is 5.91 Å². The van der Waals surface area contributed by atoms with Gasteiger partial charge in [-0.3, -0.25) is 4.79 Å². The van der Waals surface area contributed by atoms with Gasteiger partial charge in [0, 0.05) is 10.2 Å². The normalized spacial score (nSPS) is 16.8. The molecule has 0 bridgehead atoms. The summed E-state index contributed by atoms with van der Waals surface area (Å²) in [6.07, 6.45) is 0. The molecule has 54 valence electrons. The first-order valence-corrected chi connectivity index (χ1v) is 5.18. The van der Waals surface area contributed by atoms with Gasteiger partial charge in [0.1, 0.15) is 4.83 Å². The Labute approximate surface area is 78.9 Å². The Morgan fingerprint density at radius 1 is 1.56 bits per heavy atom. The highest BCUT2D eigenvalue weighted by Crippen LogP contribution is 2.15. The Bertz CT molecular complexity index is 108. The third-order valence-electron chi connectivity index (χ3n) is 0.737. The zero-order valence-electron chi connectivity index (χ0n) is 4.48. The first kappa shape index (κ1) is 9.91. The van der Waals surface area contributed by atoms with Gasteiger partial charge in [0.15, 0.2) is 0 Å². The lowest BCUT2D eigenvalue weighted by Crippen LogP contribution is -2.31. The van der Waals surface area contributed by atoms with Crippen LogP contribution in [-0.2, 0) is 4.79 Å². The second kappa shape index (κ2) is 4.68. The van der Waals surface area contributed by atoms with Crippen molar-refractivity contribution in [2.45, 2.75) is 9.65 Å². The predicted molar refractivity (Wildman–Crippen MR) is 48.4 cm³/mol. The first-order chi connectivity index (χ1) is 4.09. The molecule has 0 spiro atoms. The van der Waals surface area contributed by atoms with E-state index < -0.39 is 0 Å². The summed E-state index contributed by atoms with van der Waals surface area (Å²) >= 11 is 9.56. The summed E-state index contributed by atoms with van der Waals surface area (Å²) in [4.78, 5) is 10.2. The zero-order chi connectivity index (χ0) is 7.44. The maximum atomic E-state index is 10.4. The van der Waals surface area contributed by atoms with Crippen LogP contribution < -0.4 is 5.73 Å². The number of carbonyl (C=O) groups is 1. The number of primary amides is 1. The molecule has 0 aliphatic carbocycles. The van der Waals surface area contributed by atoms with E-state index in [0.717, 1.165) is 0 Å². The minimum Gasteiger partial charge on any atom is -0.369 e. The quantitative estimate of drug-likeness (QED) is 0.784. The van der Waals surface area contributed by atoms with Crippen LogP contribution >= 0.6 is 47.8 Å². The number of nitrogens with two attached hydrogens (primary N) is 1. The van der Waals surface area contributed by atoms with E-state index in [0.29, 0.717) is 5.33 Å². The highest BCUT2D eigenvalue weighted by Gasteiger charge is 2.19. The molecule has 2 N–H and O–H groups in total. The predicted octanol–water partition coefficient (Wildman–Crippen LogP) is 1.39. The molecule has 0 saturated carbocycles. The summed E-state index contributed by atoms with van der Waals surface area (Å²) in [6, 6.07) is 0. The molecule has 0 aliphatic rings. The van der Waals surface area contributed by atoms with Crippen LogP contribution in [0.2, 0.25) is 0 Å². The van der Waals surface area contributed by atoms with Crippen molar-refractivity contribution in [2.75, 3.05) is 5.33 Å². The van der Waals surface area contributed by atoms with Gasteiger partial charge >= 0.3 is 0 Å². The van der Waals surface area contributed by atoms with Gasteiger partial charge in [-0.25, -0.2) is 0 Å². The topological polar surface area (TPSA) is 43.1 Å². The second-order valence-corrected chi connectivity index (χ2v) is 4.28. The fourth-order valence-electron chi connectivity index (χ4n) is 0.256. The van der Waals surface area contributed by atoms with Crippen LogP contribution in [-0.4, -0.2) is 20.9 Å². The molecule has 9 heavy (non-hydrogen) atoms. The number of rotatable bonds is 3. The highest BCUT2D eigenvalue weighted by atomic mass is 79.9. The molecular weight excluding hydrogens is 318 g/mol. The van der Waals surface area contributed by atoms with E-state index in [9.17, 15) is 4.79 Å². The molecule has 0 rings (SSSR count). The Kier molecular flexibility index (Phi) is 5.16. The van der Waals surface area contributed by atoms with Crippen molar-refractivity contribution >= 4 is 53.7 Å². The van der Waals surface area contributed by atoms with Gasteiger partial charge in [-0.05, 0) is 0 Å². The van der Waals surface area contributed by atoms with Crippen LogP contribution in [0.25, 0.3) is 0 Å². The van der Waals surface area contributed by atoms with E-state index in [1.807, 2.05) is 0 Å². The summed E-state index contributed by atoms with van der Waals surface area (Å²) in [5.74, 6) is -0.351. The summed E-state index contributed by atoms with van der Waals surface area (Å²) in [5.41, 5.74) is 4.98. The molecule has 2 nitrogen and oxygen atoms in total. The van der Waals surface area contributed by atoms with Gasteiger partial charge < -0.3 is 5.73 Å². The average molecular weight is 324 g/mol. The van der Waals surface area contributed by atoms with Crippen molar-refractivity contribution < 1.29 is 4.79 Å². The number of hydrogen-bond donors (Lipinski definition) is 1. The maximum absolute atomic E-state index is 10.4. The minimum atomic E-state index is -0.351. The van der Waals surface area contributed by atoms with Crippen LogP contribution in [0, 0.1) is 0 Å².